The van der Waals surface area contributed by atoms with Crippen molar-refractivity contribution < 1.29 is 23.5 Å². The second-order valence-electron chi connectivity index (χ2n) is 7.05. The van der Waals surface area contributed by atoms with Gasteiger partial charge in [-0.15, -0.1) is 0 Å². The lowest BCUT2D eigenvalue weighted by molar-refractivity contribution is -0.135. The summed E-state index contributed by atoms with van der Waals surface area (Å²) in [5.41, 5.74) is 1.00. The fourth-order valence-electron chi connectivity index (χ4n) is 3.39. The summed E-state index contributed by atoms with van der Waals surface area (Å²) in [6.45, 7) is 6.07. The number of methoxy groups -OCH3 is 1. The van der Waals surface area contributed by atoms with Crippen LogP contribution in [0.15, 0.2) is 34.9 Å². The largest absolute Gasteiger partial charge is 0.454 e. The minimum absolute atomic E-state index is 0.0292. The van der Waals surface area contributed by atoms with Gasteiger partial charge in [0, 0.05) is 38.6 Å². The summed E-state index contributed by atoms with van der Waals surface area (Å²) in [7, 11) is 1.53. The van der Waals surface area contributed by atoms with Crippen molar-refractivity contribution >= 4 is 11.8 Å². The first-order valence-corrected chi connectivity index (χ1v) is 9.98. The molecule has 3 heterocycles. The Balaban J connectivity index is 1.66. The van der Waals surface area contributed by atoms with Gasteiger partial charge in [0.05, 0.1) is 26.3 Å². The van der Waals surface area contributed by atoms with Gasteiger partial charge in [0.1, 0.15) is 12.4 Å². The molecule has 2 aromatic rings. The number of hydrogen-bond donors (Lipinski definition) is 0. The summed E-state index contributed by atoms with van der Waals surface area (Å²) in [5, 5.41) is 0. The number of ether oxygens (including phenoxy) is 2. The van der Waals surface area contributed by atoms with E-state index in [0.29, 0.717) is 57.5 Å². The Kier molecular flexibility index (Phi) is 7.48. The molecule has 0 aliphatic carbocycles. The lowest BCUT2D eigenvalue weighted by Gasteiger charge is -2.25. The van der Waals surface area contributed by atoms with E-state index in [1.54, 1.807) is 15.9 Å². The van der Waals surface area contributed by atoms with Gasteiger partial charge in [-0.05, 0) is 30.7 Å². The van der Waals surface area contributed by atoms with Gasteiger partial charge in [-0.3, -0.25) is 9.59 Å². The fraction of sp³-hybridized carbons (Fsp3) is 0.524. The van der Waals surface area contributed by atoms with Crippen LogP contribution in [-0.2, 0) is 27.4 Å². The number of hydrogen-bond acceptors (Lipinski definition) is 5. The summed E-state index contributed by atoms with van der Waals surface area (Å²) < 4.78 is 18.1. The highest BCUT2D eigenvalue weighted by Crippen LogP contribution is 2.16. The summed E-state index contributed by atoms with van der Waals surface area (Å²) in [6, 6.07) is 7.49. The second-order valence-corrected chi connectivity index (χ2v) is 7.05. The van der Waals surface area contributed by atoms with Crippen LogP contribution < -0.4 is 0 Å². The molecular weight excluding hydrogens is 374 g/mol. The summed E-state index contributed by atoms with van der Waals surface area (Å²) in [6.07, 6.45) is 2.83. The van der Waals surface area contributed by atoms with Crippen LogP contribution in [0.25, 0.3) is 0 Å². The molecule has 1 saturated heterocycles. The molecular formula is C21H29N3O5. The number of carbonyl (C=O) groups is 2. The van der Waals surface area contributed by atoms with Gasteiger partial charge in [0.25, 0.3) is 5.91 Å². The van der Waals surface area contributed by atoms with Crippen molar-refractivity contribution in [2.24, 2.45) is 0 Å². The number of furan rings is 1. The van der Waals surface area contributed by atoms with E-state index in [-0.39, 0.29) is 18.4 Å². The minimum Gasteiger partial charge on any atom is -0.454 e. The molecule has 0 bridgehead atoms. The fourth-order valence-corrected chi connectivity index (χ4v) is 3.39. The quantitative estimate of drug-likeness (QED) is 0.640. The first kappa shape index (κ1) is 21.1. The zero-order valence-corrected chi connectivity index (χ0v) is 17.1. The SMILES string of the molecule is CCCN(Cc1cccn1Cc1ccc(C(=O)N2CCOCC2)o1)C(=O)COC. The van der Waals surface area contributed by atoms with Crippen molar-refractivity contribution in [3.63, 3.8) is 0 Å². The van der Waals surface area contributed by atoms with Crippen LogP contribution >= 0.6 is 0 Å². The molecule has 1 aliphatic heterocycles. The predicted molar refractivity (Wildman–Crippen MR) is 107 cm³/mol. The Morgan fingerprint density at radius 1 is 1.21 bits per heavy atom. The molecule has 1 fully saturated rings. The molecule has 8 nitrogen and oxygen atoms in total. The lowest BCUT2D eigenvalue weighted by Crippen LogP contribution is -2.40. The molecule has 0 saturated carbocycles. The van der Waals surface area contributed by atoms with Crippen LogP contribution in [0, 0.1) is 0 Å². The van der Waals surface area contributed by atoms with Gasteiger partial charge in [-0.25, -0.2) is 0 Å². The van der Waals surface area contributed by atoms with Crippen LogP contribution in [0.1, 0.15) is 35.4 Å². The van der Waals surface area contributed by atoms with Gasteiger partial charge in [-0.1, -0.05) is 6.92 Å². The number of carbonyl (C=O) groups excluding carboxylic acids is 2. The van der Waals surface area contributed by atoms with Crippen molar-refractivity contribution in [2.45, 2.75) is 26.4 Å². The van der Waals surface area contributed by atoms with Gasteiger partial charge < -0.3 is 28.3 Å². The molecule has 8 heteroatoms. The molecule has 0 aromatic carbocycles. The Morgan fingerprint density at radius 2 is 2.00 bits per heavy atom. The first-order chi connectivity index (χ1) is 14.1. The van der Waals surface area contributed by atoms with Crippen LogP contribution in [0.4, 0.5) is 0 Å². The Morgan fingerprint density at radius 3 is 2.72 bits per heavy atom. The maximum Gasteiger partial charge on any atom is 0.289 e. The Bertz CT molecular complexity index is 807. The van der Waals surface area contributed by atoms with Crippen molar-refractivity contribution in [3.05, 3.63) is 47.7 Å². The molecule has 1 aliphatic rings. The van der Waals surface area contributed by atoms with E-state index in [0.717, 1.165) is 12.1 Å². The molecule has 158 valence electrons. The highest BCUT2D eigenvalue weighted by molar-refractivity contribution is 5.91. The number of rotatable bonds is 9. The Labute approximate surface area is 171 Å². The van der Waals surface area contributed by atoms with Crippen molar-refractivity contribution in [3.8, 4) is 0 Å². The minimum atomic E-state index is -0.105. The third-order valence-corrected chi connectivity index (χ3v) is 4.89. The zero-order chi connectivity index (χ0) is 20.6. The summed E-state index contributed by atoms with van der Waals surface area (Å²) >= 11 is 0. The normalized spacial score (nSPS) is 14.2. The van der Waals surface area contributed by atoms with E-state index in [1.165, 1.54) is 7.11 Å². The van der Waals surface area contributed by atoms with E-state index < -0.39 is 0 Å². The predicted octanol–water partition coefficient (Wildman–Crippen LogP) is 1.99. The lowest BCUT2D eigenvalue weighted by atomic mass is 10.3. The molecule has 2 amide bonds. The van der Waals surface area contributed by atoms with E-state index in [4.69, 9.17) is 13.9 Å². The maximum absolute atomic E-state index is 12.6. The second kappa shape index (κ2) is 10.3. The molecule has 0 radical (unpaired) electrons. The molecule has 0 atom stereocenters. The molecule has 0 spiro atoms. The van der Waals surface area contributed by atoms with Gasteiger partial charge in [0.15, 0.2) is 5.76 Å². The molecule has 3 rings (SSSR count). The van der Waals surface area contributed by atoms with Crippen molar-refractivity contribution in [1.29, 1.82) is 0 Å². The maximum atomic E-state index is 12.6. The van der Waals surface area contributed by atoms with Crippen LogP contribution in [0.3, 0.4) is 0 Å². The van der Waals surface area contributed by atoms with Crippen LogP contribution in [0.5, 0.6) is 0 Å². The summed E-state index contributed by atoms with van der Waals surface area (Å²) in [4.78, 5) is 28.4. The topological polar surface area (TPSA) is 77.2 Å². The molecule has 2 aromatic heterocycles. The van der Waals surface area contributed by atoms with Gasteiger partial charge in [0.2, 0.25) is 5.91 Å². The van der Waals surface area contributed by atoms with Crippen molar-refractivity contribution in [2.75, 3.05) is 46.6 Å². The van der Waals surface area contributed by atoms with Crippen molar-refractivity contribution in [1.82, 2.24) is 14.4 Å². The van der Waals surface area contributed by atoms with Gasteiger partial charge in [-0.2, -0.15) is 0 Å². The third-order valence-electron chi connectivity index (χ3n) is 4.89. The average molecular weight is 403 g/mol. The van der Waals surface area contributed by atoms with Gasteiger partial charge >= 0.3 is 0 Å². The van der Waals surface area contributed by atoms with Crippen LogP contribution in [-0.4, -0.2) is 72.7 Å². The number of aromatic nitrogens is 1. The number of nitrogens with zero attached hydrogens (tertiary/aromatic N) is 3. The highest BCUT2D eigenvalue weighted by atomic mass is 16.5. The molecule has 29 heavy (non-hydrogen) atoms. The third kappa shape index (κ3) is 5.48. The van der Waals surface area contributed by atoms with E-state index in [1.807, 2.05) is 35.9 Å². The van der Waals surface area contributed by atoms with Crippen LogP contribution in [0.2, 0.25) is 0 Å². The zero-order valence-electron chi connectivity index (χ0n) is 17.1. The molecule has 0 N–H and O–H groups in total. The first-order valence-electron chi connectivity index (χ1n) is 9.98. The smallest absolute Gasteiger partial charge is 0.289 e. The van der Waals surface area contributed by atoms with E-state index in [9.17, 15) is 9.59 Å². The highest BCUT2D eigenvalue weighted by Gasteiger charge is 2.22. The number of morpholine rings is 1. The number of amides is 2. The van der Waals surface area contributed by atoms with E-state index >= 15 is 0 Å². The Hall–Kier alpha value is -2.58. The monoisotopic (exact) mass is 403 g/mol. The van der Waals surface area contributed by atoms with E-state index in [2.05, 4.69) is 0 Å². The summed E-state index contributed by atoms with van der Waals surface area (Å²) in [5.74, 6) is 0.910. The molecule has 0 unspecified atom stereocenters. The average Bonchev–Trinajstić information content (AvgIpc) is 3.38. The standard InChI is InChI=1S/C21H29N3O5/c1-3-8-24(20(25)16-27-2)14-17-5-4-9-23(17)15-18-6-7-19(29-18)21(26)22-10-12-28-13-11-22/h4-7,9H,3,8,10-16H2,1-2H3.